The van der Waals surface area contributed by atoms with Crippen LogP contribution >= 0.6 is 11.8 Å². The Morgan fingerprint density at radius 3 is 2.95 bits per heavy atom. The second-order valence-corrected chi connectivity index (χ2v) is 5.17. The van der Waals surface area contributed by atoms with Crippen LogP contribution in [0.1, 0.15) is 16.1 Å². The van der Waals surface area contributed by atoms with Crippen LogP contribution in [0, 0.1) is 0 Å². The quantitative estimate of drug-likeness (QED) is 0.720. The van der Waals surface area contributed by atoms with Gasteiger partial charge in [0, 0.05) is 11.9 Å². The van der Waals surface area contributed by atoms with Gasteiger partial charge in [-0.3, -0.25) is 0 Å². The first-order valence-corrected chi connectivity index (χ1v) is 6.97. The highest BCUT2D eigenvalue weighted by Gasteiger charge is 2.07. The molecule has 0 spiro atoms. The number of carbonyl (C=O) groups is 1. The fourth-order valence-corrected chi connectivity index (χ4v) is 2.66. The number of benzene rings is 1. The molecule has 0 atom stereocenters. The number of rotatable bonds is 4. The van der Waals surface area contributed by atoms with E-state index in [4.69, 9.17) is 5.11 Å². The van der Waals surface area contributed by atoms with Crippen LogP contribution in [0.25, 0.3) is 11.0 Å². The molecule has 2 heterocycles. The number of carboxylic acid groups (broad SMARTS) is 1. The number of fused-ring (bicyclic) bond motifs is 1. The van der Waals surface area contributed by atoms with Crippen molar-refractivity contribution in [3.63, 3.8) is 0 Å². The fourth-order valence-electron chi connectivity index (χ4n) is 1.83. The number of pyridine rings is 1. The van der Waals surface area contributed by atoms with Crippen molar-refractivity contribution in [3.8, 4) is 0 Å². The Morgan fingerprint density at radius 2 is 2.15 bits per heavy atom. The largest absolute Gasteiger partial charge is 0.477 e. The highest BCUT2D eigenvalue weighted by atomic mass is 32.2. The van der Waals surface area contributed by atoms with E-state index in [-0.39, 0.29) is 5.69 Å². The Balaban J connectivity index is 1.75. The van der Waals surface area contributed by atoms with E-state index < -0.39 is 5.97 Å². The third-order valence-electron chi connectivity index (χ3n) is 2.79. The van der Waals surface area contributed by atoms with Crippen LogP contribution in [-0.2, 0) is 5.75 Å². The minimum Gasteiger partial charge on any atom is -0.477 e. The molecular weight excluding hydrogens is 274 g/mol. The Kier molecular flexibility index (Phi) is 3.39. The molecular formula is C14H11N3O2S. The van der Waals surface area contributed by atoms with Gasteiger partial charge < -0.3 is 10.1 Å². The number of hydrogen-bond donors (Lipinski definition) is 2. The lowest BCUT2D eigenvalue weighted by Crippen LogP contribution is -2.00. The molecule has 0 amide bonds. The lowest BCUT2D eigenvalue weighted by Gasteiger charge is -2.00. The van der Waals surface area contributed by atoms with Crippen molar-refractivity contribution in [1.82, 2.24) is 15.0 Å². The Hall–Kier alpha value is -2.34. The number of imidazole rings is 1. The van der Waals surface area contributed by atoms with E-state index in [1.807, 2.05) is 30.3 Å². The molecule has 5 nitrogen and oxygen atoms in total. The summed E-state index contributed by atoms with van der Waals surface area (Å²) >= 11 is 1.53. The van der Waals surface area contributed by atoms with Crippen molar-refractivity contribution in [1.29, 1.82) is 0 Å². The fraction of sp³-hybridized carbons (Fsp3) is 0.0714. The highest BCUT2D eigenvalue weighted by Crippen LogP contribution is 2.22. The van der Waals surface area contributed by atoms with Crippen LogP contribution in [0.2, 0.25) is 0 Å². The van der Waals surface area contributed by atoms with E-state index >= 15 is 0 Å². The van der Waals surface area contributed by atoms with Crippen LogP contribution in [-0.4, -0.2) is 26.0 Å². The maximum absolute atomic E-state index is 10.9. The smallest absolute Gasteiger partial charge is 0.354 e. The number of nitrogens with one attached hydrogen (secondary N) is 1. The normalized spacial score (nSPS) is 10.8. The van der Waals surface area contributed by atoms with Gasteiger partial charge in [-0.15, -0.1) is 0 Å². The number of para-hydroxylation sites is 2. The molecule has 2 aromatic heterocycles. The van der Waals surface area contributed by atoms with Gasteiger partial charge in [-0.05, 0) is 29.8 Å². The Morgan fingerprint density at radius 1 is 1.30 bits per heavy atom. The van der Waals surface area contributed by atoms with Crippen molar-refractivity contribution in [2.45, 2.75) is 10.9 Å². The molecule has 0 radical (unpaired) electrons. The summed E-state index contributed by atoms with van der Waals surface area (Å²) in [5, 5.41) is 9.72. The maximum Gasteiger partial charge on any atom is 0.354 e. The van der Waals surface area contributed by atoms with E-state index in [2.05, 4.69) is 15.0 Å². The summed E-state index contributed by atoms with van der Waals surface area (Å²) < 4.78 is 0. The zero-order chi connectivity index (χ0) is 13.9. The summed E-state index contributed by atoms with van der Waals surface area (Å²) in [5.74, 6) is -0.372. The third-order valence-corrected chi connectivity index (χ3v) is 3.73. The van der Waals surface area contributed by atoms with Gasteiger partial charge in [0.2, 0.25) is 0 Å². The molecule has 0 aliphatic carbocycles. The average molecular weight is 285 g/mol. The second kappa shape index (κ2) is 5.34. The molecule has 0 saturated heterocycles. The van der Waals surface area contributed by atoms with E-state index in [1.54, 1.807) is 6.07 Å². The van der Waals surface area contributed by atoms with Crippen molar-refractivity contribution in [3.05, 3.63) is 53.9 Å². The van der Waals surface area contributed by atoms with Gasteiger partial charge in [0.25, 0.3) is 0 Å². The molecule has 0 bridgehead atoms. The summed E-state index contributed by atoms with van der Waals surface area (Å²) in [6.45, 7) is 0. The highest BCUT2D eigenvalue weighted by molar-refractivity contribution is 7.98. The van der Waals surface area contributed by atoms with Gasteiger partial charge in [-0.2, -0.15) is 0 Å². The minimum atomic E-state index is -1.01. The first-order chi connectivity index (χ1) is 9.72. The second-order valence-electron chi connectivity index (χ2n) is 4.20. The van der Waals surface area contributed by atoms with Gasteiger partial charge in [0.05, 0.1) is 11.0 Å². The number of nitrogens with zero attached hydrogens (tertiary/aromatic N) is 2. The van der Waals surface area contributed by atoms with Gasteiger partial charge >= 0.3 is 5.97 Å². The summed E-state index contributed by atoms with van der Waals surface area (Å²) in [5.41, 5.74) is 2.89. The van der Waals surface area contributed by atoms with Crippen molar-refractivity contribution >= 4 is 28.8 Å². The predicted octanol–water partition coefficient (Wildman–Crippen LogP) is 2.95. The predicted molar refractivity (Wildman–Crippen MR) is 76.9 cm³/mol. The summed E-state index contributed by atoms with van der Waals surface area (Å²) in [6.07, 6.45) is 1.51. The lowest BCUT2D eigenvalue weighted by molar-refractivity contribution is 0.0690. The molecule has 0 aliphatic heterocycles. The van der Waals surface area contributed by atoms with Crippen molar-refractivity contribution < 1.29 is 9.90 Å². The van der Waals surface area contributed by atoms with Gasteiger partial charge in [-0.25, -0.2) is 14.8 Å². The lowest BCUT2D eigenvalue weighted by atomic mass is 10.2. The van der Waals surface area contributed by atoms with Gasteiger partial charge in [-0.1, -0.05) is 23.9 Å². The van der Waals surface area contributed by atoms with Gasteiger partial charge in [0.1, 0.15) is 5.69 Å². The zero-order valence-corrected chi connectivity index (χ0v) is 11.2. The Labute approximate surface area is 119 Å². The molecule has 0 aliphatic rings. The van der Waals surface area contributed by atoms with E-state index in [0.717, 1.165) is 21.8 Å². The molecule has 2 N–H and O–H groups in total. The van der Waals surface area contributed by atoms with Crippen LogP contribution in [0.15, 0.2) is 47.8 Å². The summed E-state index contributed by atoms with van der Waals surface area (Å²) in [4.78, 5) is 22.3. The summed E-state index contributed by atoms with van der Waals surface area (Å²) in [6, 6.07) is 11.2. The Bertz CT molecular complexity index is 737. The number of H-pyrrole nitrogens is 1. The van der Waals surface area contributed by atoms with Crippen molar-refractivity contribution in [2.24, 2.45) is 0 Å². The molecule has 0 fully saturated rings. The number of thioether (sulfide) groups is 1. The molecule has 0 unspecified atom stereocenters. The topological polar surface area (TPSA) is 78.9 Å². The number of carboxylic acids is 1. The molecule has 20 heavy (non-hydrogen) atoms. The first kappa shape index (κ1) is 12.7. The molecule has 1 aromatic carbocycles. The molecule has 3 rings (SSSR count). The summed E-state index contributed by atoms with van der Waals surface area (Å²) in [7, 11) is 0. The molecule has 3 aromatic rings. The van der Waals surface area contributed by atoms with Crippen LogP contribution in [0.4, 0.5) is 0 Å². The number of aromatic amines is 1. The first-order valence-electron chi connectivity index (χ1n) is 5.98. The third kappa shape index (κ3) is 2.65. The average Bonchev–Trinajstić information content (AvgIpc) is 2.88. The number of aromatic carboxylic acids is 1. The number of hydrogen-bond acceptors (Lipinski definition) is 4. The minimum absolute atomic E-state index is 0.0627. The SMILES string of the molecule is O=C(O)c1cc(CSc2nc3ccccc3[nH]2)ccn1. The van der Waals surface area contributed by atoms with Gasteiger partial charge in [0.15, 0.2) is 5.16 Å². The monoisotopic (exact) mass is 285 g/mol. The van der Waals surface area contributed by atoms with Crippen LogP contribution in [0.3, 0.4) is 0 Å². The van der Waals surface area contributed by atoms with E-state index in [9.17, 15) is 4.79 Å². The number of aromatic nitrogens is 3. The molecule has 100 valence electrons. The molecule has 0 saturated carbocycles. The van der Waals surface area contributed by atoms with Crippen LogP contribution < -0.4 is 0 Å². The van der Waals surface area contributed by atoms with E-state index in [1.165, 1.54) is 18.0 Å². The van der Waals surface area contributed by atoms with Crippen molar-refractivity contribution in [2.75, 3.05) is 0 Å². The van der Waals surface area contributed by atoms with E-state index in [0.29, 0.717) is 5.75 Å². The maximum atomic E-state index is 10.9. The zero-order valence-electron chi connectivity index (χ0n) is 10.4. The standard InChI is InChI=1S/C14H11N3O2S/c18-13(19)12-7-9(5-6-15-12)8-20-14-16-10-3-1-2-4-11(10)17-14/h1-7H,8H2,(H,16,17)(H,18,19). The molecule has 6 heteroatoms. The van der Waals surface area contributed by atoms with Crippen LogP contribution in [0.5, 0.6) is 0 Å².